The van der Waals surface area contributed by atoms with Crippen LogP contribution in [0.1, 0.15) is 42.3 Å². The molecule has 2 aromatic carbocycles. The van der Waals surface area contributed by atoms with E-state index in [1.54, 1.807) is 24.3 Å². The number of nitriles is 1. The molecule has 0 saturated carbocycles. The lowest BCUT2D eigenvalue weighted by Gasteiger charge is -2.20. The van der Waals surface area contributed by atoms with Crippen LogP contribution in [-0.2, 0) is 5.41 Å². The number of amides is 1. The van der Waals surface area contributed by atoms with Crippen LogP contribution in [0.3, 0.4) is 0 Å². The summed E-state index contributed by atoms with van der Waals surface area (Å²) in [7, 11) is 0. The standard InChI is InChI=1S/C27H23F2N5O/c1-27(2,3)17-8-10-19(22(28)12-17)21-14-32-33-25(21)20-9-7-16(13-30)23(24(20)29)26(35)34-11-5-4-6-18(31)15-34/h4-12,14-15H,31H2,1-3H3,(H,32,33). The molecule has 0 spiro atoms. The summed E-state index contributed by atoms with van der Waals surface area (Å²) in [5, 5.41) is 16.3. The van der Waals surface area contributed by atoms with Gasteiger partial charge in [-0.15, -0.1) is 0 Å². The average Bonchev–Trinajstić information content (AvgIpc) is 3.18. The minimum absolute atomic E-state index is 0.0203. The van der Waals surface area contributed by atoms with Crippen LogP contribution in [0.4, 0.5) is 8.78 Å². The SMILES string of the molecule is CC(C)(C)c1ccc(-c2cn[nH]c2-c2ccc(C#N)c(C(=O)N3C=CC=CC(N)=C3)c2F)c(F)c1. The first-order chi connectivity index (χ1) is 16.6. The second-order valence-corrected chi connectivity index (χ2v) is 9.11. The summed E-state index contributed by atoms with van der Waals surface area (Å²) >= 11 is 0. The molecule has 176 valence electrons. The van der Waals surface area contributed by atoms with Gasteiger partial charge in [0.1, 0.15) is 17.7 Å². The van der Waals surface area contributed by atoms with Crippen molar-refractivity contribution in [2.24, 2.45) is 5.73 Å². The lowest BCUT2D eigenvalue weighted by atomic mass is 9.86. The largest absolute Gasteiger partial charge is 0.398 e. The second kappa shape index (κ2) is 9.03. The van der Waals surface area contributed by atoms with Gasteiger partial charge in [0, 0.05) is 34.8 Å². The van der Waals surface area contributed by atoms with E-state index in [1.807, 2.05) is 32.9 Å². The minimum Gasteiger partial charge on any atom is -0.398 e. The molecule has 0 saturated heterocycles. The number of nitrogens with two attached hydrogens (primary N) is 1. The van der Waals surface area contributed by atoms with Crippen molar-refractivity contribution in [1.82, 2.24) is 15.1 Å². The van der Waals surface area contributed by atoms with Crippen molar-refractivity contribution in [3.8, 4) is 28.5 Å². The maximum Gasteiger partial charge on any atom is 0.266 e. The van der Waals surface area contributed by atoms with E-state index in [-0.39, 0.29) is 33.5 Å². The molecule has 1 amide bonds. The number of rotatable bonds is 3. The van der Waals surface area contributed by atoms with Crippen LogP contribution < -0.4 is 5.73 Å². The summed E-state index contributed by atoms with van der Waals surface area (Å²) in [5.74, 6) is -2.18. The van der Waals surface area contributed by atoms with E-state index in [0.717, 1.165) is 10.5 Å². The molecule has 4 rings (SSSR count). The first kappa shape index (κ1) is 23.6. The number of nitrogens with zero attached hydrogens (tertiary/aromatic N) is 3. The molecule has 0 aliphatic carbocycles. The Morgan fingerprint density at radius 2 is 1.86 bits per heavy atom. The van der Waals surface area contributed by atoms with Gasteiger partial charge in [-0.25, -0.2) is 8.78 Å². The van der Waals surface area contributed by atoms with Crippen LogP contribution in [0.5, 0.6) is 0 Å². The summed E-state index contributed by atoms with van der Waals surface area (Å²) in [4.78, 5) is 14.3. The zero-order valence-corrected chi connectivity index (χ0v) is 19.4. The highest BCUT2D eigenvalue weighted by Crippen LogP contribution is 2.36. The van der Waals surface area contributed by atoms with Gasteiger partial charge in [-0.2, -0.15) is 10.4 Å². The molecule has 0 atom stereocenters. The summed E-state index contributed by atoms with van der Waals surface area (Å²) < 4.78 is 31.0. The number of aromatic amines is 1. The number of nitrogens with one attached hydrogen (secondary N) is 1. The van der Waals surface area contributed by atoms with Gasteiger partial charge in [0.2, 0.25) is 0 Å². The van der Waals surface area contributed by atoms with E-state index in [4.69, 9.17) is 5.73 Å². The Bertz CT molecular complexity index is 1450. The van der Waals surface area contributed by atoms with Crippen molar-refractivity contribution in [3.05, 3.63) is 101 Å². The van der Waals surface area contributed by atoms with Crippen molar-refractivity contribution in [2.45, 2.75) is 26.2 Å². The number of allylic oxidation sites excluding steroid dienone is 3. The van der Waals surface area contributed by atoms with Gasteiger partial charge in [0.15, 0.2) is 0 Å². The van der Waals surface area contributed by atoms with E-state index in [2.05, 4.69) is 10.2 Å². The quantitative estimate of drug-likeness (QED) is 0.526. The fourth-order valence-corrected chi connectivity index (χ4v) is 3.78. The molecule has 1 aliphatic heterocycles. The van der Waals surface area contributed by atoms with Crippen LogP contribution in [0.15, 0.2) is 72.9 Å². The summed E-state index contributed by atoms with van der Waals surface area (Å²) in [6, 6.07) is 9.48. The molecular formula is C27H23F2N5O. The number of carbonyl (C=O) groups excluding carboxylic acids is 1. The Balaban J connectivity index is 1.83. The molecule has 8 heteroatoms. The van der Waals surface area contributed by atoms with Crippen molar-refractivity contribution in [3.63, 3.8) is 0 Å². The number of hydrogen-bond acceptors (Lipinski definition) is 4. The van der Waals surface area contributed by atoms with Crippen molar-refractivity contribution < 1.29 is 13.6 Å². The average molecular weight is 472 g/mol. The van der Waals surface area contributed by atoms with Gasteiger partial charge in [0.05, 0.1) is 23.0 Å². The van der Waals surface area contributed by atoms with Crippen LogP contribution >= 0.6 is 0 Å². The number of hydrogen-bond donors (Lipinski definition) is 2. The molecule has 1 aromatic heterocycles. The lowest BCUT2D eigenvalue weighted by molar-refractivity contribution is 0.0864. The second-order valence-electron chi connectivity index (χ2n) is 9.11. The van der Waals surface area contributed by atoms with E-state index >= 15 is 8.78 Å². The Hall–Kier alpha value is -4.51. The molecule has 35 heavy (non-hydrogen) atoms. The van der Waals surface area contributed by atoms with Crippen molar-refractivity contribution >= 4 is 5.91 Å². The van der Waals surface area contributed by atoms with E-state index in [0.29, 0.717) is 5.56 Å². The third kappa shape index (κ3) is 4.49. The monoisotopic (exact) mass is 471 g/mol. The Kier molecular flexibility index (Phi) is 6.10. The first-order valence-corrected chi connectivity index (χ1v) is 10.8. The zero-order chi connectivity index (χ0) is 25.3. The zero-order valence-electron chi connectivity index (χ0n) is 19.4. The van der Waals surface area contributed by atoms with Gasteiger partial charge >= 0.3 is 0 Å². The fraction of sp³-hybridized carbons (Fsp3) is 0.148. The fourth-order valence-electron chi connectivity index (χ4n) is 3.78. The normalized spacial score (nSPS) is 13.4. The van der Waals surface area contributed by atoms with E-state index < -0.39 is 23.1 Å². The van der Waals surface area contributed by atoms with Gasteiger partial charge in [-0.3, -0.25) is 14.8 Å². The van der Waals surface area contributed by atoms with Gasteiger partial charge < -0.3 is 5.73 Å². The number of benzene rings is 2. The summed E-state index contributed by atoms with van der Waals surface area (Å²) in [6.07, 6.45) is 8.93. The molecule has 1 aliphatic rings. The number of aromatic nitrogens is 2. The number of H-pyrrole nitrogens is 1. The maximum absolute atomic E-state index is 15.9. The van der Waals surface area contributed by atoms with Crippen molar-refractivity contribution in [1.29, 1.82) is 5.26 Å². The summed E-state index contributed by atoms with van der Waals surface area (Å²) in [5.41, 5.74) is 6.83. The Labute approximate surface area is 201 Å². The maximum atomic E-state index is 15.9. The number of halogens is 2. The topological polar surface area (TPSA) is 98.8 Å². The lowest BCUT2D eigenvalue weighted by Crippen LogP contribution is -2.23. The smallest absolute Gasteiger partial charge is 0.266 e. The molecule has 3 N–H and O–H groups in total. The Morgan fingerprint density at radius 1 is 1.11 bits per heavy atom. The molecule has 0 fully saturated rings. The predicted octanol–water partition coefficient (Wildman–Crippen LogP) is 5.52. The summed E-state index contributed by atoms with van der Waals surface area (Å²) in [6.45, 7) is 5.94. The van der Waals surface area contributed by atoms with E-state index in [9.17, 15) is 10.1 Å². The highest BCUT2D eigenvalue weighted by molar-refractivity contribution is 6.00. The highest BCUT2D eigenvalue weighted by Gasteiger charge is 2.27. The highest BCUT2D eigenvalue weighted by atomic mass is 19.1. The third-order valence-corrected chi connectivity index (χ3v) is 5.68. The molecule has 0 bridgehead atoms. The molecule has 6 nitrogen and oxygen atoms in total. The molecular weight excluding hydrogens is 448 g/mol. The van der Waals surface area contributed by atoms with Gasteiger partial charge in [-0.1, -0.05) is 39.0 Å². The molecule has 3 aromatic rings. The van der Waals surface area contributed by atoms with Crippen LogP contribution in [0, 0.1) is 23.0 Å². The number of carbonyl (C=O) groups is 1. The van der Waals surface area contributed by atoms with E-state index in [1.165, 1.54) is 36.8 Å². The minimum atomic E-state index is -0.927. The van der Waals surface area contributed by atoms with Crippen molar-refractivity contribution in [2.75, 3.05) is 0 Å². The predicted molar refractivity (Wildman–Crippen MR) is 130 cm³/mol. The van der Waals surface area contributed by atoms with Gasteiger partial charge in [-0.05, 0) is 41.3 Å². The Morgan fingerprint density at radius 3 is 2.54 bits per heavy atom. The van der Waals surface area contributed by atoms with Crippen LogP contribution in [0.2, 0.25) is 0 Å². The first-order valence-electron chi connectivity index (χ1n) is 10.8. The molecule has 0 radical (unpaired) electrons. The van der Waals surface area contributed by atoms with Crippen LogP contribution in [-0.4, -0.2) is 21.0 Å². The van der Waals surface area contributed by atoms with Gasteiger partial charge in [0.25, 0.3) is 5.91 Å². The van der Waals surface area contributed by atoms with Crippen LogP contribution in [0.25, 0.3) is 22.4 Å². The molecule has 0 unspecified atom stereocenters. The molecule has 2 heterocycles. The third-order valence-electron chi connectivity index (χ3n) is 5.68.